The van der Waals surface area contributed by atoms with Crippen LogP contribution in [0.4, 0.5) is 4.79 Å². The molecule has 2 fully saturated rings. The molecular formula is C13H23N3O3. The van der Waals surface area contributed by atoms with Crippen molar-refractivity contribution in [3.8, 4) is 0 Å². The molecule has 1 saturated heterocycles. The molecule has 1 unspecified atom stereocenters. The second-order valence-electron chi connectivity index (χ2n) is 5.87. The molecule has 2 N–H and O–H groups in total. The Kier molecular flexibility index (Phi) is 3.99. The lowest BCUT2D eigenvalue weighted by Crippen LogP contribution is -2.56. The summed E-state index contributed by atoms with van der Waals surface area (Å²) >= 11 is 0. The third-order valence-corrected chi connectivity index (χ3v) is 4.59. The fourth-order valence-corrected chi connectivity index (χ4v) is 2.66. The van der Waals surface area contributed by atoms with Crippen LogP contribution in [0.25, 0.3) is 0 Å². The standard InChI is InChI=1S/C13H23N3O3/c1-10-8-16(7-6-15(10)2)12(19)14-9-13(11(17)18)4-3-5-13/h10H,3-9H2,1-2H3,(H,14,19)(H,17,18). The van der Waals surface area contributed by atoms with E-state index in [1.807, 2.05) is 7.05 Å². The first-order chi connectivity index (χ1) is 8.94. The molecule has 0 radical (unpaired) electrons. The predicted molar refractivity (Wildman–Crippen MR) is 71.0 cm³/mol. The van der Waals surface area contributed by atoms with Crippen molar-refractivity contribution in [2.75, 3.05) is 33.2 Å². The number of nitrogens with zero attached hydrogens (tertiary/aromatic N) is 2. The lowest BCUT2D eigenvalue weighted by molar-refractivity contribution is -0.153. The molecule has 2 rings (SSSR count). The van der Waals surface area contributed by atoms with Crippen LogP contribution in [-0.4, -0.2) is 66.2 Å². The molecule has 1 aliphatic heterocycles. The highest BCUT2D eigenvalue weighted by atomic mass is 16.4. The van der Waals surface area contributed by atoms with Gasteiger partial charge in [0.05, 0.1) is 5.41 Å². The molecular weight excluding hydrogens is 246 g/mol. The minimum absolute atomic E-state index is 0.132. The summed E-state index contributed by atoms with van der Waals surface area (Å²) in [6.07, 6.45) is 2.28. The van der Waals surface area contributed by atoms with E-state index in [0.717, 1.165) is 13.0 Å². The lowest BCUT2D eigenvalue weighted by Gasteiger charge is -2.40. The Morgan fingerprint density at radius 2 is 2.05 bits per heavy atom. The molecule has 0 spiro atoms. The van der Waals surface area contributed by atoms with Crippen molar-refractivity contribution in [3.63, 3.8) is 0 Å². The predicted octanol–water partition coefficient (Wildman–Crippen LogP) is 0.587. The Balaban J connectivity index is 1.83. The first kappa shape index (κ1) is 14.1. The van der Waals surface area contributed by atoms with Gasteiger partial charge in [-0.1, -0.05) is 6.42 Å². The molecule has 108 valence electrons. The number of piperazine rings is 1. The van der Waals surface area contributed by atoms with Gasteiger partial charge in [0.25, 0.3) is 0 Å². The van der Waals surface area contributed by atoms with Gasteiger partial charge >= 0.3 is 12.0 Å². The van der Waals surface area contributed by atoms with Gasteiger partial charge < -0.3 is 20.2 Å². The molecule has 2 amide bonds. The molecule has 1 aliphatic carbocycles. The SMILES string of the molecule is CC1CN(C(=O)NCC2(C(=O)O)CCC2)CCN1C. The van der Waals surface area contributed by atoms with Crippen molar-refractivity contribution in [2.24, 2.45) is 5.41 Å². The number of amides is 2. The van der Waals surface area contributed by atoms with Crippen LogP contribution in [0.1, 0.15) is 26.2 Å². The number of carboxylic acid groups (broad SMARTS) is 1. The third kappa shape index (κ3) is 2.83. The van der Waals surface area contributed by atoms with Crippen LogP contribution in [0.15, 0.2) is 0 Å². The van der Waals surface area contributed by atoms with Crippen molar-refractivity contribution in [1.29, 1.82) is 0 Å². The topological polar surface area (TPSA) is 72.9 Å². The van der Waals surface area contributed by atoms with E-state index in [9.17, 15) is 14.7 Å². The van der Waals surface area contributed by atoms with Crippen LogP contribution in [0.5, 0.6) is 0 Å². The fraction of sp³-hybridized carbons (Fsp3) is 0.846. The van der Waals surface area contributed by atoms with Gasteiger partial charge in [-0.05, 0) is 26.8 Å². The first-order valence-electron chi connectivity index (χ1n) is 6.91. The van der Waals surface area contributed by atoms with Crippen LogP contribution in [0, 0.1) is 5.41 Å². The van der Waals surface area contributed by atoms with Crippen molar-refractivity contribution in [1.82, 2.24) is 15.1 Å². The van der Waals surface area contributed by atoms with Gasteiger partial charge in [0, 0.05) is 32.2 Å². The van der Waals surface area contributed by atoms with Gasteiger partial charge in [0.15, 0.2) is 0 Å². The van der Waals surface area contributed by atoms with Gasteiger partial charge in [0.2, 0.25) is 0 Å². The normalized spacial score (nSPS) is 26.6. The molecule has 6 nitrogen and oxygen atoms in total. The summed E-state index contributed by atoms with van der Waals surface area (Å²) in [5.74, 6) is -0.786. The molecule has 19 heavy (non-hydrogen) atoms. The minimum atomic E-state index is -0.786. The van der Waals surface area contributed by atoms with Gasteiger partial charge in [-0.15, -0.1) is 0 Å². The Morgan fingerprint density at radius 1 is 1.37 bits per heavy atom. The lowest BCUT2D eigenvalue weighted by atomic mass is 9.69. The first-order valence-corrected chi connectivity index (χ1v) is 6.91. The maximum atomic E-state index is 12.1. The van der Waals surface area contributed by atoms with Crippen molar-refractivity contribution in [3.05, 3.63) is 0 Å². The van der Waals surface area contributed by atoms with E-state index in [2.05, 4.69) is 17.1 Å². The van der Waals surface area contributed by atoms with E-state index < -0.39 is 11.4 Å². The number of carboxylic acids is 1. The van der Waals surface area contributed by atoms with Crippen molar-refractivity contribution < 1.29 is 14.7 Å². The average Bonchev–Trinajstić information content (AvgIpc) is 2.30. The van der Waals surface area contributed by atoms with E-state index in [0.29, 0.717) is 32.0 Å². The molecule has 0 aromatic carbocycles. The quantitative estimate of drug-likeness (QED) is 0.786. The number of hydrogen-bond acceptors (Lipinski definition) is 3. The number of urea groups is 1. The Bertz CT molecular complexity index is 368. The summed E-state index contributed by atoms with van der Waals surface area (Å²) in [6, 6.07) is 0.212. The third-order valence-electron chi connectivity index (χ3n) is 4.59. The van der Waals surface area contributed by atoms with Crippen molar-refractivity contribution >= 4 is 12.0 Å². The molecule has 0 aromatic heterocycles. The highest BCUT2D eigenvalue weighted by Crippen LogP contribution is 2.40. The fourth-order valence-electron chi connectivity index (χ4n) is 2.66. The molecule has 1 saturated carbocycles. The number of hydrogen-bond donors (Lipinski definition) is 2. The van der Waals surface area contributed by atoms with Crippen LogP contribution in [-0.2, 0) is 4.79 Å². The van der Waals surface area contributed by atoms with Crippen molar-refractivity contribution in [2.45, 2.75) is 32.2 Å². The minimum Gasteiger partial charge on any atom is -0.481 e. The smallest absolute Gasteiger partial charge is 0.317 e. The molecule has 0 bridgehead atoms. The number of rotatable bonds is 3. The number of carbonyl (C=O) groups is 2. The van der Waals surface area contributed by atoms with E-state index in [1.165, 1.54) is 0 Å². The summed E-state index contributed by atoms with van der Waals surface area (Å²) in [6.45, 7) is 4.60. The zero-order chi connectivity index (χ0) is 14.0. The van der Waals surface area contributed by atoms with Gasteiger partial charge in [-0.3, -0.25) is 4.79 Å². The Labute approximate surface area is 113 Å². The summed E-state index contributed by atoms with van der Waals surface area (Å²) < 4.78 is 0. The second-order valence-corrected chi connectivity index (χ2v) is 5.87. The maximum absolute atomic E-state index is 12.1. The second kappa shape index (κ2) is 5.36. The molecule has 6 heteroatoms. The zero-order valence-corrected chi connectivity index (χ0v) is 11.7. The highest BCUT2D eigenvalue weighted by Gasteiger charge is 2.44. The highest BCUT2D eigenvalue weighted by molar-refractivity contribution is 5.79. The monoisotopic (exact) mass is 269 g/mol. The van der Waals surface area contributed by atoms with Crippen LogP contribution in [0.3, 0.4) is 0 Å². The van der Waals surface area contributed by atoms with E-state index >= 15 is 0 Å². The maximum Gasteiger partial charge on any atom is 0.317 e. The van der Waals surface area contributed by atoms with Crippen LogP contribution in [0.2, 0.25) is 0 Å². The Hall–Kier alpha value is -1.30. The summed E-state index contributed by atoms with van der Waals surface area (Å²) in [5.41, 5.74) is -0.714. The van der Waals surface area contributed by atoms with Gasteiger partial charge in [0.1, 0.15) is 0 Å². The van der Waals surface area contributed by atoms with Crippen LogP contribution >= 0.6 is 0 Å². The summed E-state index contributed by atoms with van der Waals surface area (Å²) in [5, 5.41) is 12.0. The van der Waals surface area contributed by atoms with E-state index in [4.69, 9.17) is 0 Å². The van der Waals surface area contributed by atoms with Gasteiger partial charge in [-0.25, -0.2) is 4.79 Å². The molecule has 1 heterocycles. The van der Waals surface area contributed by atoms with Gasteiger partial charge in [-0.2, -0.15) is 0 Å². The molecule has 0 aromatic rings. The molecule has 1 atom stereocenters. The Morgan fingerprint density at radius 3 is 2.53 bits per heavy atom. The largest absolute Gasteiger partial charge is 0.481 e. The number of carbonyl (C=O) groups excluding carboxylic acids is 1. The van der Waals surface area contributed by atoms with E-state index in [-0.39, 0.29) is 12.6 Å². The number of nitrogens with one attached hydrogen (secondary N) is 1. The molecule has 2 aliphatic rings. The summed E-state index contributed by atoms with van der Waals surface area (Å²) in [4.78, 5) is 27.3. The zero-order valence-electron chi connectivity index (χ0n) is 11.7. The average molecular weight is 269 g/mol. The van der Waals surface area contributed by atoms with E-state index in [1.54, 1.807) is 4.90 Å². The number of likely N-dealkylation sites (N-methyl/N-ethyl adjacent to an activating group) is 1. The summed E-state index contributed by atoms with van der Waals surface area (Å²) in [7, 11) is 2.05. The number of aliphatic carboxylic acids is 1. The van der Waals surface area contributed by atoms with Crippen LogP contribution < -0.4 is 5.32 Å².